The third-order valence-electron chi connectivity index (χ3n) is 4.05. The van der Waals surface area contributed by atoms with Crippen LogP contribution in [0.3, 0.4) is 0 Å². The summed E-state index contributed by atoms with van der Waals surface area (Å²) in [6.07, 6.45) is 5.23. The average molecular weight is 287 g/mol. The highest BCUT2D eigenvalue weighted by molar-refractivity contribution is 5.93. The maximum Gasteiger partial charge on any atom is 0.306 e. The molecular weight excluding hydrogens is 266 g/mol. The zero-order valence-electron chi connectivity index (χ0n) is 12.0. The Morgan fingerprint density at radius 3 is 2.67 bits per heavy atom. The van der Waals surface area contributed by atoms with Gasteiger partial charge in [0, 0.05) is 11.6 Å². The predicted octanol–water partition coefficient (Wildman–Crippen LogP) is 3.24. The zero-order chi connectivity index (χ0) is 15.2. The molecule has 1 aromatic carbocycles. The number of carbonyl (C=O) groups excluding carboxylic acids is 1. The van der Waals surface area contributed by atoms with Crippen LogP contribution in [0.15, 0.2) is 36.9 Å². The molecule has 0 aromatic heterocycles. The Bertz CT molecular complexity index is 539. The maximum atomic E-state index is 12.3. The van der Waals surface area contributed by atoms with E-state index in [0.29, 0.717) is 19.3 Å². The smallest absolute Gasteiger partial charge is 0.306 e. The lowest BCUT2D eigenvalue weighted by atomic mass is 10.0. The van der Waals surface area contributed by atoms with Crippen LogP contribution in [0.25, 0.3) is 0 Å². The topological polar surface area (TPSA) is 66.4 Å². The van der Waals surface area contributed by atoms with Crippen molar-refractivity contribution in [3.05, 3.63) is 42.5 Å². The highest BCUT2D eigenvalue weighted by Gasteiger charge is 2.33. The van der Waals surface area contributed by atoms with Gasteiger partial charge in [-0.2, -0.15) is 0 Å². The number of aryl methyl sites for hydroxylation is 1. The van der Waals surface area contributed by atoms with Crippen molar-refractivity contribution >= 4 is 17.6 Å². The van der Waals surface area contributed by atoms with Crippen molar-refractivity contribution in [2.24, 2.45) is 11.8 Å². The van der Waals surface area contributed by atoms with E-state index in [0.717, 1.165) is 24.1 Å². The quantitative estimate of drug-likeness (QED) is 0.789. The fraction of sp³-hybridized carbons (Fsp3) is 0.412. The van der Waals surface area contributed by atoms with Crippen molar-refractivity contribution in [1.29, 1.82) is 0 Å². The zero-order valence-corrected chi connectivity index (χ0v) is 12.0. The molecule has 21 heavy (non-hydrogen) atoms. The second-order valence-corrected chi connectivity index (χ2v) is 5.52. The van der Waals surface area contributed by atoms with Gasteiger partial charge in [-0.25, -0.2) is 0 Å². The first-order valence-electron chi connectivity index (χ1n) is 7.34. The molecule has 0 bridgehead atoms. The number of amides is 1. The Morgan fingerprint density at radius 2 is 2.00 bits per heavy atom. The molecular formula is C17H21NO3. The van der Waals surface area contributed by atoms with E-state index in [1.54, 1.807) is 0 Å². The van der Waals surface area contributed by atoms with Crippen molar-refractivity contribution in [3.8, 4) is 0 Å². The van der Waals surface area contributed by atoms with Crippen LogP contribution in [0.2, 0.25) is 0 Å². The Hall–Kier alpha value is -2.10. The van der Waals surface area contributed by atoms with E-state index in [4.69, 9.17) is 5.11 Å². The summed E-state index contributed by atoms with van der Waals surface area (Å²) in [5.74, 6) is -1.43. The van der Waals surface area contributed by atoms with E-state index in [2.05, 4.69) is 11.9 Å². The Morgan fingerprint density at radius 1 is 1.29 bits per heavy atom. The number of hydrogen-bond donors (Lipinski definition) is 2. The summed E-state index contributed by atoms with van der Waals surface area (Å²) in [5.41, 5.74) is 1.90. The summed E-state index contributed by atoms with van der Waals surface area (Å²) >= 11 is 0. The van der Waals surface area contributed by atoms with Crippen LogP contribution in [0, 0.1) is 11.8 Å². The average Bonchev–Trinajstić information content (AvgIpc) is 2.96. The van der Waals surface area contributed by atoms with Gasteiger partial charge in [0.25, 0.3) is 0 Å². The molecule has 2 rings (SSSR count). The van der Waals surface area contributed by atoms with Gasteiger partial charge in [0.1, 0.15) is 0 Å². The van der Waals surface area contributed by atoms with Gasteiger partial charge in [-0.1, -0.05) is 24.3 Å². The monoisotopic (exact) mass is 287 g/mol. The van der Waals surface area contributed by atoms with Crippen LogP contribution in [0.1, 0.15) is 31.2 Å². The summed E-state index contributed by atoms with van der Waals surface area (Å²) < 4.78 is 0. The number of carbonyl (C=O) groups is 2. The molecule has 1 aromatic rings. The molecule has 1 aliphatic rings. The van der Waals surface area contributed by atoms with Gasteiger partial charge in [0.2, 0.25) is 5.91 Å². The molecule has 1 fully saturated rings. The summed E-state index contributed by atoms with van der Waals surface area (Å²) in [4.78, 5) is 23.2. The van der Waals surface area contributed by atoms with Crippen molar-refractivity contribution in [2.75, 3.05) is 5.32 Å². The van der Waals surface area contributed by atoms with Crippen molar-refractivity contribution in [1.82, 2.24) is 0 Å². The summed E-state index contributed by atoms with van der Waals surface area (Å²) in [6, 6.07) is 7.72. The lowest BCUT2D eigenvalue weighted by Gasteiger charge is -2.14. The minimum atomic E-state index is -0.795. The van der Waals surface area contributed by atoms with Gasteiger partial charge < -0.3 is 10.4 Å². The normalized spacial score (nSPS) is 21.0. The van der Waals surface area contributed by atoms with Crippen molar-refractivity contribution in [3.63, 3.8) is 0 Å². The molecule has 2 N–H and O–H groups in total. The molecule has 0 saturated heterocycles. The lowest BCUT2D eigenvalue weighted by molar-refractivity contribution is -0.141. The molecule has 0 aliphatic heterocycles. The molecule has 4 nitrogen and oxygen atoms in total. The number of rotatable bonds is 6. The molecule has 1 amide bonds. The fourth-order valence-electron chi connectivity index (χ4n) is 2.80. The predicted molar refractivity (Wildman–Crippen MR) is 82.1 cm³/mol. The van der Waals surface area contributed by atoms with Crippen LogP contribution in [0.5, 0.6) is 0 Å². The first-order chi connectivity index (χ1) is 10.1. The number of carboxylic acids is 1. The van der Waals surface area contributed by atoms with E-state index in [9.17, 15) is 9.59 Å². The Kier molecular flexibility index (Phi) is 5.14. The first-order valence-corrected chi connectivity index (χ1v) is 7.34. The minimum Gasteiger partial charge on any atom is -0.481 e. The molecule has 1 saturated carbocycles. The van der Waals surface area contributed by atoms with E-state index in [-0.39, 0.29) is 17.7 Å². The second-order valence-electron chi connectivity index (χ2n) is 5.52. The molecule has 1 aliphatic carbocycles. The number of anilines is 1. The van der Waals surface area contributed by atoms with Gasteiger partial charge in [0.05, 0.1) is 5.92 Å². The molecule has 0 unspecified atom stereocenters. The van der Waals surface area contributed by atoms with Crippen LogP contribution in [0.4, 0.5) is 5.69 Å². The van der Waals surface area contributed by atoms with Crippen molar-refractivity contribution in [2.45, 2.75) is 32.1 Å². The first kappa shape index (κ1) is 15.3. The summed E-state index contributed by atoms with van der Waals surface area (Å²) in [6.45, 7) is 3.71. The lowest BCUT2D eigenvalue weighted by Crippen LogP contribution is -2.22. The molecule has 4 heteroatoms. The van der Waals surface area contributed by atoms with E-state index in [1.165, 1.54) is 0 Å². The van der Waals surface area contributed by atoms with Gasteiger partial charge in [-0.05, 0) is 43.7 Å². The van der Waals surface area contributed by atoms with Crippen LogP contribution in [-0.2, 0) is 16.0 Å². The van der Waals surface area contributed by atoms with Gasteiger partial charge >= 0.3 is 5.97 Å². The van der Waals surface area contributed by atoms with Crippen LogP contribution < -0.4 is 5.32 Å². The van der Waals surface area contributed by atoms with Gasteiger partial charge in [-0.3, -0.25) is 9.59 Å². The van der Waals surface area contributed by atoms with E-state index in [1.807, 2.05) is 30.3 Å². The third kappa shape index (κ3) is 3.94. The standard InChI is InChI=1S/C17H21NO3/c1-2-3-6-12-7-4-5-8-15(12)18-16(19)13-9-10-14(11-13)17(20)21/h2,4-5,7-8,13-14H,1,3,6,9-11H2,(H,18,19)(H,20,21)/t13-,14+/m0/s1. The molecule has 112 valence electrons. The number of allylic oxidation sites excluding steroid dienone is 1. The van der Waals surface area contributed by atoms with Crippen molar-refractivity contribution < 1.29 is 14.7 Å². The largest absolute Gasteiger partial charge is 0.481 e. The minimum absolute atomic E-state index is 0.0650. The molecule has 0 heterocycles. The SMILES string of the molecule is C=CCCc1ccccc1NC(=O)[C@H]1CC[C@@H](C(=O)O)C1. The molecule has 0 spiro atoms. The highest BCUT2D eigenvalue weighted by Crippen LogP contribution is 2.32. The maximum absolute atomic E-state index is 12.3. The number of para-hydroxylation sites is 1. The van der Waals surface area contributed by atoms with Gasteiger partial charge in [0.15, 0.2) is 0 Å². The number of hydrogen-bond acceptors (Lipinski definition) is 2. The second kappa shape index (κ2) is 7.07. The Labute approximate surface area is 124 Å². The number of aliphatic carboxylic acids is 1. The van der Waals surface area contributed by atoms with E-state index >= 15 is 0 Å². The third-order valence-corrected chi connectivity index (χ3v) is 4.05. The van der Waals surface area contributed by atoms with Crippen LogP contribution in [-0.4, -0.2) is 17.0 Å². The van der Waals surface area contributed by atoms with Gasteiger partial charge in [-0.15, -0.1) is 6.58 Å². The summed E-state index contributed by atoms with van der Waals surface area (Å²) in [7, 11) is 0. The molecule has 0 radical (unpaired) electrons. The number of benzene rings is 1. The highest BCUT2D eigenvalue weighted by atomic mass is 16.4. The van der Waals surface area contributed by atoms with E-state index < -0.39 is 5.97 Å². The fourth-order valence-corrected chi connectivity index (χ4v) is 2.80. The summed E-state index contributed by atoms with van der Waals surface area (Å²) in [5, 5.41) is 12.0. The number of carboxylic acid groups (broad SMARTS) is 1. The Balaban J connectivity index is 2.00. The number of nitrogens with one attached hydrogen (secondary N) is 1. The van der Waals surface area contributed by atoms with Crippen LogP contribution >= 0.6 is 0 Å². The molecule has 2 atom stereocenters.